The second-order valence-corrected chi connectivity index (χ2v) is 6.05. The zero-order chi connectivity index (χ0) is 16.9. The minimum Gasteiger partial charge on any atom is -0.493 e. The number of hydrogen-bond acceptors (Lipinski definition) is 5. The summed E-state index contributed by atoms with van der Waals surface area (Å²) >= 11 is 0. The lowest BCUT2D eigenvalue weighted by atomic mass is 10.2. The van der Waals surface area contributed by atoms with Crippen molar-refractivity contribution < 1.29 is 28.2 Å². The molecule has 0 aromatic heterocycles. The van der Waals surface area contributed by atoms with Crippen LogP contribution in [0.4, 0.5) is 0 Å². The highest BCUT2D eigenvalue weighted by molar-refractivity contribution is 5.91. The second-order valence-electron chi connectivity index (χ2n) is 6.05. The van der Waals surface area contributed by atoms with Crippen LogP contribution >= 0.6 is 0 Å². The summed E-state index contributed by atoms with van der Waals surface area (Å²) in [5, 5.41) is 0. The first-order chi connectivity index (χ1) is 11.0. The molecule has 1 aromatic carbocycles. The molecule has 23 heavy (non-hydrogen) atoms. The van der Waals surface area contributed by atoms with Crippen LogP contribution in [0.25, 0.3) is 0 Å². The van der Waals surface area contributed by atoms with Crippen molar-refractivity contribution >= 4 is 5.97 Å². The molecular formula is C17H26NO5+. The molecule has 0 amide bonds. The summed E-state index contributed by atoms with van der Waals surface area (Å²) in [6.45, 7) is 3.56. The number of carbonyl (C=O) groups is 1. The van der Waals surface area contributed by atoms with E-state index in [1.807, 2.05) is 0 Å². The second kappa shape index (κ2) is 7.55. The highest BCUT2D eigenvalue weighted by atomic mass is 16.5. The average Bonchev–Trinajstić information content (AvgIpc) is 2.99. The first-order valence-electron chi connectivity index (χ1n) is 7.83. The highest BCUT2D eigenvalue weighted by Gasteiger charge is 2.27. The minimum atomic E-state index is -0.380. The first kappa shape index (κ1) is 17.4. The average molecular weight is 324 g/mol. The van der Waals surface area contributed by atoms with Crippen LogP contribution in [0.2, 0.25) is 0 Å². The summed E-state index contributed by atoms with van der Waals surface area (Å²) in [5.41, 5.74) is 0.392. The molecule has 0 unspecified atom stereocenters. The van der Waals surface area contributed by atoms with Gasteiger partial charge in [0.25, 0.3) is 0 Å². The largest absolute Gasteiger partial charge is 0.493 e. The molecule has 6 nitrogen and oxygen atoms in total. The maximum absolute atomic E-state index is 12.3. The van der Waals surface area contributed by atoms with Crippen LogP contribution in [0.5, 0.6) is 17.2 Å². The van der Waals surface area contributed by atoms with Crippen molar-refractivity contribution in [1.29, 1.82) is 0 Å². The van der Waals surface area contributed by atoms with Gasteiger partial charge in [-0.1, -0.05) is 0 Å². The van der Waals surface area contributed by atoms with Gasteiger partial charge in [0.05, 0.1) is 47.0 Å². The van der Waals surface area contributed by atoms with Gasteiger partial charge in [-0.3, -0.25) is 0 Å². The van der Waals surface area contributed by atoms with Gasteiger partial charge in [0.1, 0.15) is 13.2 Å². The fourth-order valence-corrected chi connectivity index (χ4v) is 2.96. The van der Waals surface area contributed by atoms with E-state index < -0.39 is 0 Å². The summed E-state index contributed by atoms with van der Waals surface area (Å²) in [4.78, 5) is 12.3. The molecule has 1 aliphatic rings. The molecule has 0 radical (unpaired) electrons. The molecule has 0 bridgehead atoms. The third-order valence-electron chi connectivity index (χ3n) is 4.41. The lowest BCUT2D eigenvalue weighted by Crippen LogP contribution is -2.43. The Bertz CT molecular complexity index is 527. The number of rotatable bonds is 7. The minimum absolute atomic E-state index is 0.380. The van der Waals surface area contributed by atoms with E-state index in [4.69, 9.17) is 18.9 Å². The van der Waals surface area contributed by atoms with E-state index in [0.717, 1.165) is 24.1 Å². The van der Waals surface area contributed by atoms with Crippen molar-refractivity contribution in [3.05, 3.63) is 17.7 Å². The van der Waals surface area contributed by atoms with Crippen LogP contribution in [0.3, 0.4) is 0 Å². The molecule has 6 heteroatoms. The van der Waals surface area contributed by atoms with Gasteiger partial charge in [0.2, 0.25) is 5.75 Å². The number of carbonyl (C=O) groups excluding carboxylic acids is 1. The van der Waals surface area contributed by atoms with Crippen molar-refractivity contribution in [3.63, 3.8) is 0 Å². The lowest BCUT2D eigenvalue weighted by Gasteiger charge is -2.28. The maximum Gasteiger partial charge on any atom is 0.338 e. The van der Waals surface area contributed by atoms with Crippen molar-refractivity contribution in [2.45, 2.75) is 12.8 Å². The van der Waals surface area contributed by atoms with Gasteiger partial charge in [-0.2, -0.15) is 0 Å². The van der Waals surface area contributed by atoms with E-state index in [0.29, 0.717) is 29.4 Å². The third kappa shape index (κ3) is 4.07. The molecule has 0 aliphatic carbocycles. The Hall–Kier alpha value is -1.95. The Morgan fingerprint density at radius 3 is 2.09 bits per heavy atom. The first-order valence-corrected chi connectivity index (χ1v) is 7.83. The standard InChI is InChI=1S/C17H26NO5/c1-18(7-5-6-8-18)9-10-23-17(19)13-11-14(20-2)16(22-4)15(12-13)21-3/h11-12H,5-10H2,1-4H3/q+1. The van der Waals surface area contributed by atoms with Gasteiger partial charge in [-0.15, -0.1) is 0 Å². The number of nitrogens with zero attached hydrogens (tertiary/aromatic N) is 1. The predicted molar refractivity (Wildman–Crippen MR) is 86.4 cm³/mol. The van der Waals surface area contributed by atoms with Crippen molar-refractivity contribution in [1.82, 2.24) is 0 Å². The Balaban J connectivity index is 2.03. The summed E-state index contributed by atoms with van der Waals surface area (Å²) in [6.07, 6.45) is 2.49. The predicted octanol–water partition coefficient (Wildman–Crippen LogP) is 2.11. The topological polar surface area (TPSA) is 54.0 Å². The molecule has 0 saturated carbocycles. The molecule has 0 spiro atoms. The number of likely N-dealkylation sites (tertiary alicyclic amines) is 1. The van der Waals surface area contributed by atoms with E-state index in [-0.39, 0.29) is 5.97 Å². The van der Waals surface area contributed by atoms with Crippen LogP contribution in [0.15, 0.2) is 12.1 Å². The molecule has 0 atom stereocenters. The number of likely N-dealkylation sites (N-methyl/N-ethyl adjacent to an activating group) is 1. The van der Waals surface area contributed by atoms with Crippen LogP contribution in [0, 0.1) is 0 Å². The van der Waals surface area contributed by atoms with Crippen LogP contribution < -0.4 is 14.2 Å². The Labute approximate surface area is 137 Å². The fraction of sp³-hybridized carbons (Fsp3) is 0.588. The van der Waals surface area contributed by atoms with Crippen LogP contribution in [-0.2, 0) is 4.74 Å². The SMILES string of the molecule is COc1cc(C(=O)OCC[N+]2(C)CCCC2)cc(OC)c1OC. The fourth-order valence-electron chi connectivity index (χ4n) is 2.96. The Kier molecular flexibility index (Phi) is 5.71. The monoisotopic (exact) mass is 324 g/mol. The molecule has 128 valence electrons. The van der Waals surface area contributed by atoms with E-state index in [9.17, 15) is 4.79 Å². The maximum atomic E-state index is 12.3. The molecule has 0 N–H and O–H groups in total. The van der Waals surface area contributed by atoms with Gasteiger partial charge in [-0.05, 0) is 12.1 Å². The summed E-state index contributed by atoms with van der Waals surface area (Å²) in [6, 6.07) is 3.21. The molecule has 1 aromatic rings. The van der Waals surface area contributed by atoms with Crippen molar-refractivity contribution in [3.8, 4) is 17.2 Å². The highest BCUT2D eigenvalue weighted by Crippen LogP contribution is 2.38. The number of methoxy groups -OCH3 is 3. The number of ether oxygens (including phenoxy) is 4. The van der Waals surface area contributed by atoms with Crippen molar-refractivity contribution in [2.24, 2.45) is 0 Å². The molecule has 1 aliphatic heterocycles. The zero-order valence-electron chi connectivity index (χ0n) is 14.4. The molecule has 1 heterocycles. The lowest BCUT2D eigenvalue weighted by molar-refractivity contribution is -0.897. The third-order valence-corrected chi connectivity index (χ3v) is 4.41. The number of quaternary nitrogens is 1. The summed E-state index contributed by atoms with van der Waals surface area (Å²) in [7, 11) is 6.77. The van der Waals surface area contributed by atoms with Gasteiger partial charge in [-0.25, -0.2) is 4.79 Å². The molecule has 1 saturated heterocycles. The van der Waals surface area contributed by atoms with E-state index in [1.54, 1.807) is 12.1 Å². The van der Waals surface area contributed by atoms with Crippen LogP contribution in [0.1, 0.15) is 23.2 Å². The zero-order valence-corrected chi connectivity index (χ0v) is 14.4. The number of benzene rings is 1. The molecule has 1 fully saturated rings. The quantitative estimate of drug-likeness (QED) is 0.568. The molecule has 2 rings (SSSR count). The van der Waals surface area contributed by atoms with Gasteiger partial charge < -0.3 is 23.4 Å². The summed E-state index contributed by atoms with van der Waals surface area (Å²) in [5.74, 6) is 0.964. The van der Waals surface area contributed by atoms with Crippen molar-refractivity contribution in [2.75, 3.05) is 54.6 Å². The van der Waals surface area contributed by atoms with Gasteiger partial charge in [0, 0.05) is 12.8 Å². The van der Waals surface area contributed by atoms with Crippen LogP contribution in [-0.4, -0.2) is 65.1 Å². The smallest absolute Gasteiger partial charge is 0.338 e. The normalized spacial score (nSPS) is 16.0. The van der Waals surface area contributed by atoms with Gasteiger partial charge in [0.15, 0.2) is 11.5 Å². The van der Waals surface area contributed by atoms with E-state index >= 15 is 0 Å². The van der Waals surface area contributed by atoms with E-state index in [2.05, 4.69) is 7.05 Å². The number of esters is 1. The summed E-state index contributed by atoms with van der Waals surface area (Å²) < 4.78 is 22.2. The Morgan fingerprint density at radius 1 is 1.04 bits per heavy atom. The Morgan fingerprint density at radius 2 is 1.61 bits per heavy atom. The van der Waals surface area contributed by atoms with Gasteiger partial charge >= 0.3 is 5.97 Å². The molecular weight excluding hydrogens is 298 g/mol. The number of hydrogen-bond donors (Lipinski definition) is 0. The van der Waals surface area contributed by atoms with E-state index in [1.165, 1.54) is 34.2 Å².